The Morgan fingerprint density at radius 2 is 2.00 bits per heavy atom. The summed E-state index contributed by atoms with van der Waals surface area (Å²) in [6.07, 6.45) is 1.18. The first-order valence-corrected chi connectivity index (χ1v) is 5.16. The number of methoxy groups -OCH3 is 1. The van der Waals surface area contributed by atoms with Crippen LogP contribution in [-0.4, -0.2) is 19.6 Å². The van der Waals surface area contributed by atoms with Gasteiger partial charge in [0.25, 0.3) is 0 Å². The molecule has 1 N–H and O–H groups in total. The third kappa shape index (κ3) is 4.02. The summed E-state index contributed by atoms with van der Waals surface area (Å²) in [6.45, 7) is 2.98. The van der Waals surface area contributed by atoms with Gasteiger partial charge in [-0.15, -0.1) is 0 Å². The van der Waals surface area contributed by atoms with Crippen LogP contribution in [0.2, 0.25) is 0 Å². The van der Waals surface area contributed by atoms with Crippen LogP contribution in [0.25, 0.3) is 0 Å². The number of carbonyl (C=O) groups is 1. The van der Waals surface area contributed by atoms with Gasteiger partial charge in [-0.25, -0.2) is 0 Å². The normalized spacial score (nSPS) is 9.73. The van der Waals surface area contributed by atoms with Crippen molar-refractivity contribution in [3.63, 3.8) is 0 Å². The molecule has 0 saturated heterocycles. The molecule has 0 radical (unpaired) electrons. The Balaban J connectivity index is 2.45. The van der Waals surface area contributed by atoms with Gasteiger partial charge in [-0.3, -0.25) is 4.79 Å². The number of esters is 1. The molecule has 1 aromatic carbocycles. The molecule has 82 valence electrons. The molecule has 0 heterocycles. The average molecular weight is 207 g/mol. The third-order valence-corrected chi connectivity index (χ3v) is 2.18. The summed E-state index contributed by atoms with van der Waals surface area (Å²) in [5.74, 6) is -0.161. The van der Waals surface area contributed by atoms with E-state index in [0.29, 0.717) is 6.42 Å². The van der Waals surface area contributed by atoms with Crippen LogP contribution in [0.15, 0.2) is 24.3 Å². The largest absolute Gasteiger partial charge is 0.469 e. The second kappa shape index (κ2) is 6.06. The number of anilines is 1. The molecule has 0 aromatic heterocycles. The minimum atomic E-state index is -0.161. The second-order valence-corrected chi connectivity index (χ2v) is 3.30. The molecule has 0 unspecified atom stereocenters. The molecule has 1 rings (SSSR count). The quantitative estimate of drug-likeness (QED) is 0.752. The van der Waals surface area contributed by atoms with Gasteiger partial charge in [-0.05, 0) is 31.0 Å². The maximum absolute atomic E-state index is 10.9. The number of ether oxygens (including phenoxy) is 1. The van der Waals surface area contributed by atoms with Crippen LogP contribution < -0.4 is 5.32 Å². The standard InChI is InChI=1S/C12H17NO2/c1-3-13-11-7-4-10(5-8-11)6-9-12(14)15-2/h4-5,7-8,13H,3,6,9H2,1-2H3. The summed E-state index contributed by atoms with van der Waals surface area (Å²) < 4.78 is 4.58. The highest BCUT2D eigenvalue weighted by Gasteiger charge is 2.00. The van der Waals surface area contributed by atoms with E-state index < -0.39 is 0 Å². The van der Waals surface area contributed by atoms with Crippen molar-refractivity contribution in [3.8, 4) is 0 Å². The molecule has 3 nitrogen and oxygen atoms in total. The predicted molar refractivity (Wildman–Crippen MR) is 60.9 cm³/mol. The Morgan fingerprint density at radius 1 is 1.33 bits per heavy atom. The third-order valence-electron chi connectivity index (χ3n) is 2.18. The zero-order valence-electron chi connectivity index (χ0n) is 9.25. The number of aryl methyl sites for hydroxylation is 1. The molecule has 15 heavy (non-hydrogen) atoms. The van der Waals surface area contributed by atoms with Crippen LogP contribution in [0.5, 0.6) is 0 Å². The molecule has 0 atom stereocenters. The number of rotatable bonds is 5. The first-order chi connectivity index (χ1) is 7.26. The van der Waals surface area contributed by atoms with Crippen LogP contribution in [0.4, 0.5) is 5.69 Å². The van der Waals surface area contributed by atoms with Gasteiger partial charge in [0.05, 0.1) is 7.11 Å². The highest BCUT2D eigenvalue weighted by molar-refractivity contribution is 5.69. The summed E-state index contributed by atoms with van der Waals surface area (Å²) >= 11 is 0. The van der Waals surface area contributed by atoms with Gasteiger partial charge in [0.1, 0.15) is 0 Å². The number of benzene rings is 1. The molecule has 0 saturated carbocycles. The van der Waals surface area contributed by atoms with Gasteiger partial charge < -0.3 is 10.1 Å². The fourth-order valence-electron chi connectivity index (χ4n) is 1.34. The highest BCUT2D eigenvalue weighted by Crippen LogP contribution is 2.10. The molecule has 1 aromatic rings. The van der Waals surface area contributed by atoms with E-state index >= 15 is 0 Å². The lowest BCUT2D eigenvalue weighted by atomic mass is 10.1. The molecule has 0 amide bonds. The van der Waals surface area contributed by atoms with Crippen LogP contribution in [0.1, 0.15) is 18.9 Å². The summed E-state index contributed by atoms with van der Waals surface area (Å²) in [6, 6.07) is 8.11. The number of nitrogens with one attached hydrogen (secondary N) is 1. The van der Waals surface area contributed by atoms with Gasteiger partial charge in [-0.1, -0.05) is 12.1 Å². The van der Waals surface area contributed by atoms with E-state index in [1.165, 1.54) is 7.11 Å². The van der Waals surface area contributed by atoms with E-state index in [2.05, 4.69) is 17.0 Å². The van der Waals surface area contributed by atoms with Crippen LogP contribution >= 0.6 is 0 Å². The highest BCUT2D eigenvalue weighted by atomic mass is 16.5. The van der Waals surface area contributed by atoms with Crippen molar-refractivity contribution >= 4 is 11.7 Å². The summed E-state index contributed by atoms with van der Waals surface area (Å²) in [4.78, 5) is 10.9. The molecule has 0 aliphatic carbocycles. The zero-order valence-corrected chi connectivity index (χ0v) is 9.25. The summed E-state index contributed by atoms with van der Waals surface area (Å²) in [7, 11) is 1.41. The Bertz CT molecular complexity index is 306. The van der Waals surface area contributed by atoms with Crippen molar-refractivity contribution in [2.45, 2.75) is 19.8 Å². The molecule has 0 spiro atoms. The molecule has 0 aliphatic rings. The predicted octanol–water partition coefficient (Wildman–Crippen LogP) is 2.22. The number of hydrogen-bond donors (Lipinski definition) is 1. The van der Waals surface area contributed by atoms with Crippen molar-refractivity contribution in [2.75, 3.05) is 19.0 Å². The van der Waals surface area contributed by atoms with Crippen molar-refractivity contribution in [1.29, 1.82) is 0 Å². The monoisotopic (exact) mass is 207 g/mol. The van der Waals surface area contributed by atoms with Gasteiger partial charge in [0.15, 0.2) is 0 Å². The van der Waals surface area contributed by atoms with Crippen molar-refractivity contribution in [1.82, 2.24) is 0 Å². The molecule has 0 fully saturated rings. The van der Waals surface area contributed by atoms with E-state index in [1.54, 1.807) is 0 Å². The van der Waals surface area contributed by atoms with Crippen LogP contribution in [-0.2, 0) is 16.0 Å². The minimum Gasteiger partial charge on any atom is -0.469 e. The lowest BCUT2D eigenvalue weighted by Crippen LogP contribution is -2.02. The first kappa shape index (κ1) is 11.6. The van der Waals surface area contributed by atoms with Crippen molar-refractivity contribution < 1.29 is 9.53 Å². The van der Waals surface area contributed by atoms with E-state index in [9.17, 15) is 4.79 Å². The van der Waals surface area contributed by atoms with E-state index in [1.807, 2.05) is 24.3 Å². The van der Waals surface area contributed by atoms with Crippen molar-refractivity contribution in [2.24, 2.45) is 0 Å². The lowest BCUT2D eigenvalue weighted by molar-refractivity contribution is -0.140. The molecule has 3 heteroatoms. The van der Waals surface area contributed by atoms with E-state index in [-0.39, 0.29) is 5.97 Å². The second-order valence-electron chi connectivity index (χ2n) is 3.30. The van der Waals surface area contributed by atoms with E-state index in [0.717, 1.165) is 24.2 Å². The Hall–Kier alpha value is -1.51. The SMILES string of the molecule is CCNc1ccc(CCC(=O)OC)cc1. The summed E-state index contributed by atoms with van der Waals surface area (Å²) in [5, 5.41) is 3.22. The fraction of sp³-hybridized carbons (Fsp3) is 0.417. The molecular formula is C12H17NO2. The maximum atomic E-state index is 10.9. The number of hydrogen-bond acceptors (Lipinski definition) is 3. The molecular weight excluding hydrogens is 190 g/mol. The fourth-order valence-corrected chi connectivity index (χ4v) is 1.34. The Labute approximate surface area is 90.4 Å². The van der Waals surface area contributed by atoms with Gasteiger partial charge in [-0.2, -0.15) is 0 Å². The van der Waals surface area contributed by atoms with Gasteiger partial charge in [0.2, 0.25) is 0 Å². The molecule has 0 bridgehead atoms. The Morgan fingerprint density at radius 3 is 2.53 bits per heavy atom. The Kier molecular flexibility index (Phi) is 4.68. The average Bonchev–Trinajstić information content (AvgIpc) is 2.28. The minimum absolute atomic E-state index is 0.161. The topological polar surface area (TPSA) is 38.3 Å². The summed E-state index contributed by atoms with van der Waals surface area (Å²) in [5.41, 5.74) is 2.27. The lowest BCUT2D eigenvalue weighted by Gasteiger charge is -2.04. The zero-order chi connectivity index (χ0) is 11.1. The van der Waals surface area contributed by atoms with Gasteiger partial charge >= 0.3 is 5.97 Å². The van der Waals surface area contributed by atoms with Crippen LogP contribution in [0.3, 0.4) is 0 Å². The molecule has 0 aliphatic heterocycles. The van der Waals surface area contributed by atoms with Crippen molar-refractivity contribution in [3.05, 3.63) is 29.8 Å². The smallest absolute Gasteiger partial charge is 0.305 e. The number of carbonyl (C=O) groups excluding carboxylic acids is 1. The van der Waals surface area contributed by atoms with Gasteiger partial charge in [0, 0.05) is 18.7 Å². The first-order valence-electron chi connectivity index (χ1n) is 5.16. The van der Waals surface area contributed by atoms with E-state index in [4.69, 9.17) is 0 Å². The van der Waals surface area contributed by atoms with Crippen LogP contribution in [0, 0.1) is 0 Å². The maximum Gasteiger partial charge on any atom is 0.305 e.